The molecule has 1 aromatic carbocycles. The molecule has 1 aliphatic rings. The van der Waals surface area contributed by atoms with Gasteiger partial charge in [0.1, 0.15) is 11.6 Å². The van der Waals surface area contributed by atoms with Crippen LogP contribution in [0.2, 0.25) is 0 Å². The summed E-state index contributed by atoms with van der Waals surface area (Å²) < 4.78 is 56.6. The molecule has 0 atom stereocenters. The molecule has 0 aliphatic carbocycles. The Morgan fingerprint density at radius 1 is 1.33 bits per heavy atom. The smallest absolute Gasteiger partial charge is 0.232 e. The van der Waals surface area contributed by atoms with E-state index in [1.807, 2.05) is 0 Å². The van der Waals surface area contributed by atoms with E-state index in [-0.39, 0.29) is 30.6 Å². The van der Waals surface area contributed by atoms with Gasteiger partial charge < -0.3 is 10.1 Å². The van der Waals surface area contributed by atoms with Gasteiger partial charge >= 0.3 is 0 Å². The molecule has 1 aromatic rings. The van der Waals surface area contributed by atoms with Gasteiger partial charge in [0.15, 0.2) is 0 Å². The molecule has 1 amide bonds. The van der Waals surface area contributed by atoms with E-state index in [1.165, 1.54) is 0 Å². The summed E-state index contributed by atoms with van der Waals surface area (Å²) in [7, 11) is -3.78. The molecule has 1 N–H and O–H groups in total. The fraction of sp³-hybridized carbons (Fsp3) is 0.533. The fourth-order valence-corrected chi connectivity index (χ4v) is 3.46. The van der Waals surface area contributed by atoms with Crippen molar-refractivity contribution in [1.29, 1.82) is 0 Å². The van der Waals surface area contributed by atoms with Gasteiger partial charge in [-0.2, -0.15) is 0 Å². The molecule has 1 heterocycles. The third-order valence-corrected chi connectivity index (χ3v) is 4.96. The number of carbonyl (C=O) groups excluding carboxylic acids is 1. The van der Waals surface area contributed by atoms with Gasteiger partial charge in [-0.3, -0.25) is 9.10 Å². The minimum absolute atomic E-state index is 0.0279. The highest BCUT2D eigenvalue weighted by molar-refractivity contribution is 7.92. The van der Waals surface area contributed by atoms with Crippen LogP contribution in [0, 0.1) is 17.6 Å². The third-order valence-electron chi connectivity index (χ3n) is 3.78. The van der Waals surface area contributed by atoms with E-state index >= 15 is 0 Å². The van der Waals surface area contributed by atoms with Crippen LogP contribution in [0.5, 0.6) is 0 Å². The number of carbonyl (C=O) groups is 1. The second kappa shape index (κ2) is 7.89. The van der Waals surface area contributed by atoms with Gasteiger partial charge in [0.25, 0.3) is 0 Å². The topological polar surface area (TPSA) is 75.7 Å². The number of benzene rings is 1. The third kappa shape index (κ3) is 4.88. The number of ether oxygens (including phenoxy) is 1. The van der Waals surface area contributed by atoms with E-state index in [9.17, 15) is 22.0 Å². The summed E-state index contributed by atoms with van der Waals surface area (Å²) in [6, 6.07) is 2.66. The van der Waals surface area contributed by atoms with Gasteiger partial charge in [-0.25, -0.2) is 17.2 Å². The van der Waals surface area contributed by atoms with E-state index in [0.29, 0.717) is 32.1 Å². The number of nitrogens with zero attached hydrogens (tertiary/aromatic N) is 1. The fourth-order valence-electron chi connectivity index (χ4n) is 2.53. The molecule has 0 spiro atoms. The Kier molecular flexibility index (Phi) is 6.11. The van der Waals surface area contributed by atoms with Crippen LogP contribution < -0.4 is 9.62 Å². The minimum Gasteiger partial charge on any atom is -0.381 e. The summed E-state index contributed by atoms with van der Waals surface area (Å²) in [4.78, 5) is 12.0. The van der Waals surface area contributed by atoms with Crippen LogP contribution in [0.1, 0.15) is 12.8 Å². The minimum atomic E-state index is -3.78. The molecule has 0 unspecified atom stereocenters. The predicted octanol–water partition coefficient (Wildman–Crippen LogP) is 1.27. The van der Waals surface area contributed by atoms with Gasteiger partial charge in [0.05, 0.1) is 18.5 Å². The average molecular weight is 362 g/mol. The van der Waals surface area contributed by atoms with Crippen molar-refractivity contribution >= 4 is 21.6 Å². The lowest BCUT2D eigenvalue weighted by Crippen LogP contribution is -2.41. The summed E-state index contributed by atoms with van der Waals surface area (Å²) >= 11 is 0. The quantitative estimate of drug-likeness (QED) is 0.827. The molecule has 24 heavy (non-hydrogen) atoms. The molecular weight excluding hydrogens is 342 g/mol. The Morgan fingerprint density at radius 2 is 2.00 bits per heavy atom. The van der Waals surface area contributed by atoms with E-state index in [4.69, 9.17) is 4.74 Å². The standard InChI is InChI=1S/C15H20F2N2O4S/c1-24(21,22)19(14-3-2-12(16)10-13(14)17)7-6-18-15(20)11-4-8-23-9-5-11/h2-3,10-11H,4-9H2,1H3,(H,18,20). The maximum absolute atomic E-state index is 13.9. The van der Waals surface area contributed by atoms with Crippen LogP contribution in [-0.2, 0) is 19.6 Å². The molecule has 134 valence electrons. The van der Waals surface area contributed by atoms with Crippen molar-refractivity contribution in [2.45, 2.75) is 12.8 Å². The van der Waals surface area contributed by atoms with Gasteiger partial charge in [0.2, 0.25) is 15.9 Å². The van der Waals surface area contributed by atoms with Gasteiger partial charge in [-0.1, -0.05) is 0 Å². The summed E-state index contributed by atoms with van der Waals surface area (Å²) in [5.41, 5.74) is -0.251. The number of halogens is 2. The Morgan fingerprint density at radius 3 is 2.58 bits per heavy atom. The first kappa shape index (κ1) is 18.6. The van der Waals surface area contributed by atoms with E-state index in [1.54, 1.807) is 0 Å². The number of sulfonamides is 1. The lowest BCUT2D eigenvalue weighted by molar-refractivity contribution is -0.127. The lowest BCUT2D eigenvalue weighted by atomic mass is 9.99. The highest BCUT2D eigenvalue weighted by Gasteiger charge is 2.23. The first-order valence-corrected chi connectivity index (χ1v) is 9.42. The number of nitrogens with one attached hydrogen (secondary N) is 1. The number of hydrogen-bond acceptors (Lipinski definition) is 4. The second-order valence-corrected chi connectivity index (χ2v) is 7.52. The number of anilines is 1. The van der Waals surface area contributed by atoms with Gasteiger partial charge in [-0.05, 0) is 25.0 Å². The van der Waals surface area contributed by atoms with Crippen LogP contribution in [0.3, 0.4) is 0 Å². The van der Waals surface area contributed by atoms with Crippen LogP contribution in [0.25, 0.3) is 0 Å². The van der Waals surface area contributed by atoms with Crippen LogP contribution >= 0.6 is 0 Å². The number of hydrogen-bond donors (Lipinski definition) is 1. The van der Waals surface area contributed by atoms with E-state index < -0.39 is 21.7 Å². The molecule has 0 radical (unpaired) electrons. The molecular formula is C15H20F2N2O4S. The maximum atomic E-state index is 13.9. The maximum Gasteiger partial charge on any atom is 0.232 e. The molecule has 0 aromatic heterocycles. The Hall–Kier alpha value is -1.74. The normalized spacial score (nSPS) is 16.0. The predicted molar refractivity (Wildman–Crippen MR) is 85.1 cm³/mol. The Bertz CT molecular complexity index is 691. The van der Waals surface area contributed by atoms with Crippen molar-refractivity contribution in [2.75, 3.05) is 36.9 Å². The monoisotopic (exact) mass is 362 g/mol. The molecule has 1 saturated heterocycles. The molecule has 6 nitrogen and oxygen atoms in total. The Balaban J connectivity index is 2.01. The van der Waals surface area contributed by atoms with E-state index in [0.717, 1.165) is 22.7 Å². The summed E-state index contributed by atoms with van der Waals surface area (Å²) in [6.45, 7) is 0.930. The molecule has 2 rings (SSSR count). The van der Waals surface area contributed by atoms with Crippen LogP contribution in [0.4, 0.5) is 14.5 Å². The zero-order valence-corrected chi connectivity index (χ0v) is 14.1. The van der Waals surface area contributed by atoms with Crippen molar-refractivity contribution in [3.63, 3.8) is 0 Å². The molecule has 0 bridgehead atoms. The second-order valence-electron chi connectivity index (χ2n) is 5.61. The largest absolute Gasteiger partial charge is 0.381 e. The Labute approximate surface area is 139 Å². The van der Waals surface area contributed by atoms with Crippen molar-refractivity contribution in [1.82, 2.24) is 5.32 Å². The zero-order chi connectivity index (χ0) is 17.7. The average Bonchev–Trinajstić information content (AvgIpc) is 2.52. The molecule has 0 saturated carbocycles. The van der Waals surface area contributed by atoms with Gasteiger partial charge in [-0.15, -0.1) is 0 Å². The number of rotatable bonds is 6. The van der Waals surface area contributed by atoms with Crippen molar-refractivity contribution < 1.29 is 26.7 Å². The van der Waals surface area contributed by atoms with Gasteiger partial charge in [0, 0.05) is 31.7 Å². The van der Waals surface area contributed by atoms with E-state index in [2.05, 4.69) is 5.32 Å². The summed E-state index contributed by atoms with van der Waals surface area (Å²) in [6.07, 6.45) is 2.17. The first-order valence-electron chi connectivity index (χ1n) is 7.57. The summed E-state index contributed by atoms with van der Waals surface area (Å²) in [5, 5.41) is 2.66. The lowest BCUT2D eigenvalue weighted by Gasteiger charge is -2.24. The van der Waals surface area contributed by atoms with Crippen molar-refractivity contribution in [3.8, 4) is 0 Å². The first-order chi connectivity index (χ1) is 11.3. The van der Waals surface area contributed by atoms with Crippen molar-refractivity contribution in [3.05, 3.63) is 29.8 Å². The highest BCUT2D eigenvalue weighted by Crippen LogP contribution is 2.22. The van der Waals surface area contributed by atoms with Crippen LogP contribution in [0.15, 0.2) is 18.2 Å². The van der Waals surface area contributed by atoms with Crippen LogP contribution in [-0.4, -0.2) is 46.9 Å². The van der Waals surface area contributed by atoms with Crippen molar-refractivity contribution in [2.24, 2.45) is 5.92 Å². The molecule has 1 aliphatic heterocycles. The SMILES string of the molecule is CS(=O)(=O)N(CCNC(=O)C1CCOCC1)c1ccc(F)cc1F. The number of amides is 1. The highest BCUT2D eigenvalue weighted by atomic mass is 32.2. The zero-order valence-electron chi connectivity index (χ0n) is 13.3. The molecule has 1 fully saturated rings. The molecule has 9 heteroatoms. The summed E-state index contributed by atoms with van der Waals surface area (Å²) in [5.74, 6) is -2.10.